The molecule has 0 radical (unpaired) electrons. The van der Waals surface area contributed by atoms with Gasteiger partial charge in [0.15, 0.2) is 5.96 Å². The molecule has 3 N–H and O–H groups in total. The van der Waals surface area contributed by atoms with E-state index in [4.69, 9.17) is 9.47 Å². The van der Waals surface area contributed by atoms with Crippen LogP contribution in [0.1, 0.15) is 40.2 Å². The summed E-state index contributed by atoms with van der Waals surface area (Å²) in [5, 5.41) is 9.12. The van der Waals surface area contributed by atoms with Crippen LogP contribution in [0.3, 0.4) is 0 Å². The van der Waals surface area contributed by atoms with Crippen molar-refractivity contribution in [1.29, 1.82) is 0 Å². The van der Waals surface area contributed by atoms with Crippen molar-refractivity contribution in [2.45, 2.75) is 46.8 Å². The second kappa shape index (κ2) is 16.0. The third kappa shape index (κ3) is 14.0. The van der Waals surface area contributed by atoms with Gasteiger partial charge >= 0.3 is 6.09 Å². The number of hydrogen-bond acceptors (Lipinski definition) is 5. The molecule has 0 saturated heterocycles. The minimum atomic E-state index is -0.499. The van der Waals surface area contributed by atoms with Crippen LogP contribution in [-0.2, 0) is 11.3 Å². The van der Waals surface area contributed by atoms with Gasteiger partial charge in [-0.3, -0.25) is 4.99 Å². The Morgan fingerprint density at radius 3 is 2.19 bits per heavy atom. The number of likely N-dealkylation sites (N-methyl/N-ethyl adjacent to an activating group) is 1. The molecular weight excluding hydrogens is 509 g/mol. The van der Waals surface area contributed by atoms with E-state index in [0.29, 0.717) is 32.2 Å². The highest BCUT2D eigenvalue weighted by Gasteiger charge is 2.15. The highest BCUT2D eigenvalue weighted by molar-refractivity contribution is 14.0. The van der Waals surface area contributed by atoms with Gasteiger partial charge in [0, 0.05) is 33.2 Å². The molecule has 31 heavy (non-hydrogen) atoms. The van der Waals surface area contributed by atoms with Crippen LogP contribution in [0.25, 0.3) is 0 Å². The molecule has 0 fully saturated rings. The second-order valence-electron chi connectivity index (χ2n) is 7.80. The summed E-state index contributed by atoms with van der Waals surface area (Å²) in [6.45, 7) is 15.1. The van der Waals surface area contributed by atoms with Crippen molar-refractivity contribution in [2.24, 2.45) is 4.99 Å². The molecule has 178 valence electrons. The number of amides is 1. The Balaban J connectivity index is 0.00000900. The van der Waals surface area contributed by atoms with Crippen LogP contribution in [0, 0.1) is 0 Å². The molecule has 1 rings (SSSR count). The molecule has 1 aromatic carbocycles. The molecule has 0 aromatic heterocycles. The molecule has 0 atom stereocenters. The van der Waals surface area contributed by atoms with E-state index in [1.807, 2.05) is 45.0 Å². The number of rotatable bonds is 11. The summed E-state index contributed by atoms with van der Waals surface area (Å²) in [4.78, 5) is 18.1. The van der Waals surface area contributed by atoms with E-state index >= 15 is 0 Å². The van der Waals surface area contributed by atoms with Crippen LogP contribution in [0.4, 0.5) is 4.79 Å². The lowest BCUT2D eigenvalue weighted by molar-refractivity contribution is 0.0529. The fourth-order valence-electron chi connectivity index (χ4n) is 2.60. The molecule has 0 unspecified atom stereocenters. The maximum Gasteiger partial charge on any atom is 0.407 e. The van der Waals surface area contributed by atoms with Gasteiger partial charge in [-0.2, -0.15) is 0 Å². The zero-order valence-electron chi connectivity index (χ0n) is 19.8. The number of ether oxygens (including phenoxy) is 2. The van der Waals surface area contributed by atoms with Crippen molar-refractivity contribution in [1.82, 2.24) is 20.9 Å². The Morgan fingerprint density at radius 1 is 1.03 bits per heavy atom. The first-order valence-electron chi connectivity index (χ1n) is 10.6. The average molecular weight is 549 g/mol. The number of nitrogens with one attached hydrogen (secondary N) is 3. The number of alkyl carbamates (subject to hydrolysis) is 1. The number of aliphatic imine (C=N–C) groups is 1. The van der Waals surface area contributed by atoms with Gasteiger partial charge in [0.2, 0.25) is 0 Å². The third-order valence-electron chi connectivity index (χ3n) is 4.26. The summed E-state index contributed by atoms with van der Waals surface area (Å²) in [5.41, 5.74) is 0.627. The summed E-state index contributed by atoms with van der Waals surface area (Å²) >= 11 is 0. The van der Waals surface area contributed by atoms with Crippen molar-refractivity contribution < 1.29 is 14.3 Å². The summed E-state index contributed by atoms with van der Waals surface area (Å²) < 4.78 is 11.0. The molecule has 0 aliphatic heterocycles. The number of hydrogen-bond donors (Lipinski definition) is 3. The Hall–Kier alpha value is -1.75. The summed E-state index contributed by atoms with van der Waals surface area (Å²) in [6, 6.07) is 8.05. The molecule has 8 nitrogen and oxygen atoms in total. The van der Waals surface area contributed by atoms with Crippen molar-refractivity contribution in [3.63, 3.8) is 0 Å². The molecule has 0 spiro atoms. The lowest BCUT2D eigenvalue weighted by Gasteiger charge is -2.20. The Morgan fingerprint density at radius 2 is 1.65 bits per heavy atom. The number of halogens is 1. The summed E-state index contributed by atoms with van der Waals surface area (Å²) in [5.74, 6) is 1.54. The van der Waals surface area contributed by atoms with Crippen molar-refractivity contribution >= 4 is 36.0 Å². The standard InChI is InChI=1S/C22H39N5O3.HI/c1-7-27(8-2)15-16-29-19-11-9-18(10-12-19)17-26-20(23-6)24-13-14-25-21(28)30-22(3,4)5;/h9-12H,7-8,13-17H2,1-6H3,(H,25,28)(H2,23,24,26);1H. The number of carbonyl (C=O) groups is 1. The van der Waals surface area contributed by atoms with Crippen molar-refractivity contribution in [2.75, 3.05) is 46.4 Å². The third-order valence-corrected chi connectivity index (χ3v) is 4.26. The molecule has 0 saturated carbocycles. The normalized spacial score (nSPS) is 11.5. The second-order valence-corrected chi connectivity index (χ2v) is 7.80. The van der Waals surface area contributed by atoms with Crippen molar-refractivity contribution in [3.8, 4) is 5.75 Å². The van der Waals surface area contributed by atoms with Gasteiger partial charge in [0.1, 0.15) is 18.0 Å². The highest BCUT2D eigenvalue weighted by atomic mass is 127. The van der Waals surface area contributed by atoms with E-state index < -0.39 is 11.7 Å². The first-order valence-corrected chi connectivity index (χ1v) is 10.6. The zero-order chi connectivity index (χ0) is 22.4. The SMILES string of the molecule is CCN(CC)CCOc1ccc(CNC(=NC)NCCNC(=O)OC(C)(C)C)cc1.I. The monoisotopic (exact) mass is 549 g/mol. The Kier molecular flexibility index (Phi) is 15.1. The van der Waals surface area contributed by atoms with E-state index in [1.165, 1.54) is 0 Å². The van der Waals surface area contributed by atoms with Crippen LogP contribution in [-0.4, -0.2) is 68.9 Å². The van der Waals surface area contributed by atoms with Gasteiger partial charge in [-0.25, -0.2) is 4.79 Å². The molecule has 9 heteroatoms. The number of guanidine groups is 1. The average Bonchev–Trinajstić information content (AvgIpc) is 2.70. The fourth-order valence-corrected chi connectivity index (χ4v) is 2.60. The van der Waals surface area contributed by atoms with Gasteiger partial charge in [-0.05, 0) is 51.6 Å². The number of carbonyl (C=O) groups excluding carboxylic acids is 1. The molecule has 1 amide bonds. The van der Waals surface area contributed by atoms with E-state index in [9.17, 15) is 4.79 Å². The lowest BCUT2D eigenvalue weighted by Crippen LogP contribution is -2.42. The van der Waals surface area contributed by atoms with Gasteiger partial charge in [0.25, 0.3) is 0 Å². The van der Waals surface area contributed by atoms with Crippen molar-refractivity contribution in [3.05, 3.63) is 29.8 Å². The lowest BCUT2D eigenvalue weighted by atomic mass is 10.2. The van der Waals surface area contributed by atoms with Crippen LogP contribution >= 0.6 is 24.0 Å². The summed E-state index contributed by atoms with van der Waals surface area (Å²) in [7, 11) is 1.71. The molecule has 0 bridgehead atoms. The maximum absolute atomic E-state index is 11.6. The Labute approximate surface area is 204 Å². The van der Waals surface area contributed by atoms with Crippen LogP contribution in [0.15, 0.2) is 29.3 Å². The number of nitrogens with zero attached hydrogens (tertiary/aromatic N) is 2. The predicted octanol–water partition coefficient (Wildman–Crippen LogP) is 3.21. The van der Waals surface area contributed by atoms with Gasteiger partial charge in [0.05, 0.1) is 0 Å². The highest BCUT2D eigenvalue weighted by Crippen LogP contribution is 2.12. The summed E-state index contributed by atoms with van der Waals surface area (Å²) in [6.07, 6.45) is -0.424. The molecule has 0 aliphatic rings. The molecular formula is C22H40IN5O3. The quantitative estimate of drug-likeness (QED) is 0.170. The number of benzene rings is 1. The first-order chi connectivity index (χ1) is 14.3. The van der Waals surface area contributed by atoms with Gasteiger partial charge in [-0.1, -0.05) is 26.0 Å². The topological polar surface area (TPSA) is 87.2 Å². The molecule has 0 aliphatic carbocycles. The molecule has 0 heterocycles. The van der Waals surface area contributed by atoms with Crippen LogP contribution < -0.4 is 20.7 Å². The largest absolute Gasteiger partial charge is 0.492 e. The van der Waals surface area contributed by atoms with E-state index in [2.05, 4.69) is 39.7 Å². The van der Waals surface area contributed by atoms with E-state index in [1.54, 1.807) is 7.05 Å². The maximum atomic E-state index is 11.6. The first kappa shape index (κ1) is 29.2. The van der Waals surface area contributed by atoms with Crippen LogP contribution in [0.2, 0.25) is 0 Å². The minimum Gasteiger partial charge on any atom is -0.492 e. The van der Waals surface area contributed by atoms with E-state index in [-0.39, 0.29) is 24.0 Å². The van der Waals surface area contributed by atoms with Crippen LogP contribution in [0.5, 0.6) is 5.75 Å². The minimum absolute atomic E-state index is 0. The zero-order valence-corrected chi connectivity index (χ0v) is 22.1. The van der Waals surface area contributed by atoms with Gasteiger partial charge < -0.3 is 30.3 Å². The van der Waals surface area contributed by atoms with Gasteiger partial charge in [-0.15, -0.1) is 24.0 Å². The molecule has 1 aromatic rings. The fraction of sp³-hybridized carbons (Fsp3) is 0.636. The predicted molar refractivity (Wildman–Crippen MR) is 138 cm³/mol. The van der Waals surface area contributed by atoms with E-state index in [0.717, 1.165) is 30.9 Å². The smallest absolute Gasteiger partial charge is 0.407 e. The Bertz CT molecular complexity index is 644.